The van der Waals surface area contributed by atoms with Crippen molar-refractivity contribution in [2.45, 2.75) is 33.3 Å². The van der Waals surface area contributed by atoms with Crippen LogP contribution in [0.2, 0.25) is 0 Å². The molecule has 28 heavy (non-hydrogen) atoms. The highest BCUT2D eigenvalue weighted by Crippen LogP contribution is 2.23. The van der Waals surface area contributed by atoms with Crippen LogP contribution in [0.3, 0.4) is 0 Å². The molecule has 0 radical (unpaired) electrons. The smallest absolute Gasteiger partial charge is 0.270 e. The molecule has 6 heteroatoms. The van der Waals surface area contributed by atoms with Gasteiger partial charge in [0, 0.05) is 0 Å². The van der Waals surface area contributed by atoms with E-state index in [1.54, 1.807) is 18.2 Å². The van der Waals surface area contributed by atoms with Crippen LogP contribution in [0, 0.1) is 0 Å². The Morgan fingerprint density at radius 2 is 1.71 bits per heavy atom. The van der Waals surface area contributed by atoms with Crippen LogP contribution in [0.25, 0.3) is 6.08 Å². The van der Waals surface area contributed by atoms with E-state index in [1.165, 1.54) is 4.90 Å². The summed E-state index contributed by atoms with van der Waals surface area (Å²) in [6.07, 6.45) is 2.53. The standard InChI is InChI=1S/C22H22N2O3S/c1-4-15-5-9-17(10-6-15)24-21(26)19(20(25)23-22(24)28)13-16-7-11-18(12-8-16)27-14(2)3/h5-14H,4H2,1-3H3,(H,23,25,28)/b19-13+. The summed E-state index contributed by atoms with van der Waals surface area (Å²) in [6.45, 7) is 5.96. The summed E-state index contributed by atoms with van der Waals surface area (Å²) in [6, 6.07) is 14.8. The van der Waals surface area contributed by atoms with Gasteiger partial charge in [-0.1, -0.05) is 31.2 Å². The number of hydrogen-bond acceptors (Lipinski definition) is 4. The first-order valence-electron chi connectivity index (χ1n) is 9.16. The molecule has 0 aliphatic carbocycles. The Morgan fingerprint density at radius 3 is 2.29 bits per heavy atom. The number of aryl methyl sites for hydroxylation is 1. The van der Waals surface area contributed by atoms with Gasteiger partial charge in [-0.2, -0.15) is 0 Å². The number of ether oxygens (including phenoxy) is 1. The molecule has 1 aliphatic heterocycles. The summed E-state index contributed by atoms with van der Waals surface area (Å²) in [5.41, 5.74) is 2.54. The number of amides is 2. The summed E-state index contributed by atoms with van der Waals surface area (Å²) < 4.78 is 5.62. The lowest BCUT2D eigenvalue weighted by Crippen LogP contribution is -2.54. The minimum Gasteiger partial charge on any atom is -0.491 e. The Hall–Kier alpha value is -2.99. The van der Waals surface area contributed by atoms with Gasteiger partial charge in [0.15, 0.2) is 5.11 Å². The maximum atomic E-state index is 13.0. The predicted octanol–water partition coefficient (Wildman–Crippen LogP) is 3.87. The molecule has 1 N–H and O–H groups in total. The van der Waals surface area contributed by atoms with E-state index in [0.29, 0.717) is 5.69 Å². The largest absolute Gasteiger partial charge is 0.491 e. The number of carbonyl (C=O) groups is 2. The fraction of sp³-hybridized carbons (Fsp3) is 0.227. The maximum Gasteiger partial charge on any atom is 0.270 e. The molecule has 144 valence electrons. The second-order valence-electron chi connectivity index (χ2n) is 6.71. The molecule has 1 fully saturated rings. The zero-order chi connectivity index (χ0) is 20.3. The molecule has 0 aromatic heterocycles. The molecule has 0 spiro atoms. The second-order valence-corrected chi connectivity index (χ2v) is 7.10. The Morgan fingerprint density at radius 1 is 1.07 bits per heavy atom. The van der Waals surface area contributed by atoms with E-state index in [0.717, 1.165) is 23.3 Å². The monoisotopic (exact) mass is 394 g/mol. The third kappa shape index (κ3) is 4.28. The summed E-state index contributed by atoms with van der Waals surface area (Å²) in [5, 5.41) is 2.68. The van der Waals surface area contributed by atoms with Crippen molar-refractivity contribution in [2.75, 3.05) is 4.90 Å². The molecule has 0 atom stereocenters. The van der Waals surface area contributed by atoms with Crippen molar-refractivity contribution in [3.8, 4) is 5.75 Å². The summed E-state index contributed by atoms with van der Waals surface area (Å²) in [7, 11) is 0. The molecule has 2 amide bonds. The molecule has 0 bridgehead atoms. The number of carbonyl (C=O) groups excluding carboxylic acids is 2. The van der Waals surface area contributed by atoms with Crippen LogP contribution in [0.5, 0.6) is 5.75 Å². The highest BCUT2D eigenvalue weighted by molar-refractivity contribution is 7.80. The number of anilines is 1. The lowest BCUT2D eigenvalue weighted by molar-refractivity contribution is -0.122. The van der Waals surface area contributed by atoms with Crippen molar-refractivity contribution in [1.82, 2.24) is 5.32 Å². The predicted molar refractivity (Wildman–Crippen MR) is 114 cm³/mol. The van der Waals surface area contributed by atoms with Gasteiger partial charge in [0.1, 0.15) is 11.3 Å². The van der Waals surface area contributed by atoms with Gasteiger partial charge in [-0.05, 0) is 74.0 Å². The normalized spacial score (nSPS) is 15.9. The van der Waals surface area contributed by atoms with Crippen molar-refractivity contribution in [3.05, 3.63) is 65.2 Å². The molecule has 5 nitrogen and oxygen atoms in total. The third-order valence-electron chi connectivity index (χ3n) is 4.27. The van der Waals surface area contributed by atoms with Crippen LogP contribution in [0.15, 0.2) is 54.1 Å². The second kappa shape index (κ2) is 8.35. The van der Waals surface area contributed by atoms with Crippen LogP contribution < -0.4 is 15.0 Å². The molecule has 2 aromatic rings. The van der Waals surface area contributed by atoms with Gasteiger partial charge in [-0.25, -0.2) is 0 Å². The van der Waals surface area contributed by atoms with E-state index in [9.17, 15) is 9.59 Å². The Kier molecular flexibility index (Phi) is 5.90. The van der Waals surface area contributed by atoms with Gasteiger partial charge < -0.3 is 4.74 Å². The van der Waals surface area contributed by atoms with E-state index in [2.05, 4.69) is 12.2 Å². The van der Waals surface area contributed by atoms with E-state index >= 15 is 0 Å². The maximum absolute atomic E-state index is 13.0. The van der Waals surface area contributed by atoms with E-state index in [4.69, 9.17) is 17.0 Å². The summed E-state index contributed by atoms with van der Waals surface area (Å²) in [4.78, 5) is 26.7. The number of nitrogens with zero attached hydrogens (tertiary/aromatic N) is 1. The van der Waals surface area contributed by atoms with Crippen molar-refractivity contribution in [3.63, 3.8) is 0 Å². The SMILES string of the molecule is CCc1ccc(N2C(=O)/C(=C/c3ccc(OC(C)C)cc3)C(=O)NC2=S)cc1. The minimum absolute atomic E-state index is 0.0331. The molecular formula is C22H22N2O3S. The molecule has 2 aromatic carbocycles. The number of rotatable bonds is 5. The third-order valence-corrected chi connectivity index (χ3v) is 4.55. The molecule has 1 saturated heterocycles. The van der Waals surface area contributed by atoms with Gasteiger partial charge in [0.05, 0.1) is 11.8 Å². The van der Waals surface area contributed by atoms with Crippen LogP contribution in [0.1, 0.15) is 31.9 Å². The topological polar surface area (TPSA) is 58.6 Å². The first-order chi connectivity index (χ1) is 13.4. The summed E-state index contributed by atoms with van der Waals surface area (Å²) in [5.74, 6) is -0.213. The van der Waals surface area contributed by atoms with Crippen molar-refractivity contribution in [2.24, 2.45) is 0 Å². The van der Waals surface area contributed by atoms with E-state index in [1.807, 2.05) is 50.2 Å². The van der Waals surface area contributed by atoms with Crippen molar-refractivity contribution < 1.29 is 14.3 Å². The Balaban J connectivity index is 1.89. The average Bonchev–Trinajstić information content (AvgIpc) is 2.66. The van der Waals surface area contributed by atoms with Gasteiger partial charge in [0.25, 0.3) is 11.8 Å². The number of benzene rings is 2. The molecule has 1 heterocycles. The van der Waals surface area contributed by atoms with E-state index < -0.39 is 11.8 Å². The van der Waals surface area contributed by atoms with E-state index in [-0.39, 0.29) is 16.8 Å². The Labute approximate surface area is 170 Å². The highest BCUT2D eigenvalue weighted by atomic mass is 32.1. The zero-order valence-corrected chi connectivity index (χ0v) is 16.9. The molecular weight excluding hydrogens is 372 g/mol. The average molecular weight is 394 g/mol. The highest BCUT2D eigenvalue weighted by Gasteiger charge is 2.34. The van der Waals surface area contributed by atoms with Gasteiger partial charge in [-0.3, -0.25) is 19.8 Å². The number of hydrogen-bond donors (Lipinski definition) is 1. The number of nitrogens with one attached hydrogen (secondary N) is 1. The lowest BCUT2D eigenvalue weighted by Gasteiger charge is -2.29. The van der Waals surface area contributed by atoms with Crippen LogP contribution in [0.4, 0.5) is 5.69 Å². The van der Waals surface area contributed by atoms with Crippen LogP contribution in [-0.4, -0.2) is 23.0 Å². The first-order valence-corrected chi connectivity index (χ1v) is 9.57. The summed E-state index contributed by atoms with van der Waals surface area (Å²) >= 11 is 5.23. The van der Waals surface area contributed by atoms with Gasteiger partial charge >= 0.3 is 0 Å². The first kappa shape index (κ1) is 19.8. The molecule has 0 unspecified atom stereocenters. The molecule has 1 aliphatic rings. The molecule has 0 saturated carbocycles. The molecule has 3 rings (SSSR count). The lowest BCUT2D eigenvalue weighted by atomic mass is 10.1. The van der Waals surface area contributed by atoms with Crippen molar-refractivity contribution in [1.29, 1.82) is 0 Å². The van der Waals surface area contributed by atoms with Crippen LogP contribution in [-0.2, 0) is 16.0 Å². The fourth-order valence-corrected chi connectivity index (χ4v) is 3.14. The quantitative estimate of drug-likeness (QED) is 0.475. The zero-order valence-electron chi connectivity index (χ0n) is 16.1. The fourth-order valence-electron chi connectivity index (χ4n) is 2.85. The van der Waals surface area contributed by atoms with Crippen molar-refractivity contribution >= 4 is 40.9 Å². The van der Waals surface area contributed by atoms with Gasteiger partial charge in [0.2, 0.25) is 0 Å². The number of thiocarbonyl (C=S) groups is 1. The van der Waals surface area contributed by atoms with Crippen LogP contribution >= 0.6 is 12.2 Å². The van der Waals surface area contributed by atoms with Gasteiger partial charge in [-0.15, -0.1) is 0 Å². The Bertz CT molecular complexity index is 931. The minimum atomic E-state index is -0.501.